The average Bonchev–Trinajstić information content (AvgIpc) is 2.92. The summed E-state index contributed by atoms with van der Waals surface area (Å²) in [6.45, 7) is 0. The number of unbranched alkanes of at least 4 members (excludes halogenated alkanes) is 29. The van der Waals surface area contributed by atoms with Crippen LogP contribution in [-0.4, -0.2) is 24.1 Å². The Kier molecular flexibility index (Phi) is 29.8. The van der Waals surface area contributed by atoms with Gasteiger partial charge in [-0.05, 0) is 19.3 Å². The van der Waals surface area contributed by atoms with E-state index in [4.69, 9.17) is 4.55 Å². The highest BCUT2D eigenvalue weighted by atomic mass is 32.2. The SMILES string of the molecule is O=C([O-])CCCCCCCCCCCCCCCCCCCCCCCCCCCCCCCCC(=O)S(=O)(=O)O. The Balaban J connectivity index is 3.10. The lowest BCUT2D eigenvalue weighted by Gasteiger charge is -2.05. The van der Waals surface area contributed by atoms with Crippen molar-refractivity contribution in [3.63, 3.8) is 0 Å². The predicted molar refractivity (Wildman–Crippen MR) is 169 cm³/mol. The molecule has 1 N–H and O–H groups in total. The maximum atomic E-state index is 11.1. The van der Waals surface area contributed by atoms with Crippen LogP contribution in [0.1, 0.15) is 205 Å². The second-order valence-corrected chi connectivity index (χ2v) is 13.7. The summed E-state index contributed by atoms with van der Waals surface area (Å²) in [7, 11) is -4.48. The highest BCUT2D eigenvalue weighted by Crippen LogP contribution is 2.17. The van der Waals surface area contributed by atoms with Crippen molar-refractivity contribution in [1.29, 1.82) is 0 Å². The van der Waals surface area contributed by atoms with Gasteiger partial charge in [-0.15, -0.1) is 0 Å². The first-order valence-corrected chi connectivity index (χ1v) is 19.0. The molecule has 0 aliphatic heterocycles. The Labute approximate surface area is 254 Å². The van der Waals surface area contributed by atoms with E-state index in [1.165, 1.54) is 154 Å². The summed E-state index contributed by atoms with van der Waals surface area (Å²) in [6.07, 6.45) is 38.0. The van der Waals surface area contributed by atoms with Gasteiger partial charge < -0.3 is 9.90 Å². The van der Waals surface area contributed by atoms with E-state index in [1.807, 2.05) is 0 Å². The number of hydrogen-bond donors (Lipinski definition) is 1. The standard InChI is InChI=1S/C34H66O6S/c35-33(36)31-29-27-25-23-21-19-17-15-13-11-9-7-5-3-1-2-4-6-8-10-12-14-16-18-20-22-24-26-28-30-32-34(37)41(38,39)40/h1-32H2,(H,35,36)(H,38,39,40)/p-1. The van der Waals surface area contributed by atoms with Crippen LogP contribution in [0.4, 0.5) is 0 Å². The van der Waals surface area contributed by atoms with Gasteiger partial charge in [0.25, 0.3) is 5.12 Å². The Bertz CT molecular complexity index is 691. The summed E-state index contributed by atoms with van der Waals surface area (Å²) >= 11 is 0. The van der Waals surface area contributed by atoms with Crippen LogP contribution in [0.15, 0.2) is 0 Å². The van der Waals surface area contributed by atoms with Crippen LogP contribution in [0.5, 0.6) is 0 Å². The summed E-state index contributed by atoms with van der Waals surface area (Å²) in [6, 6.07) is 0. The second kappa shape index (κ2) is 30.5. The Morgan fingerprint density at radius 1 is 0.366 bits per heavy atom. The molecule has 0 saturated heterocycles. The van der Waals surface area contributed by atoms with Crippen LogP contribution in [0.3, 0.4) is 0 Å². The minimum atomic E-state index is -4.48. The van der Waals surface area contributed by atoms with Crippen LogP contribution < -0.4 is 5.11 Å². The highest BCUT2D eigenvalue weighted by Gasteiger charge is 2.16. The highest BCUT2D eigenvalue weighted by molar-refractivity contribution is 8.01. The fourth-order valence-corrected chi connectivity index (χ4v) is 6.02. The molecule has 0 heterocycles. The molecular formula is C34H65O6S-. The summed E-state index contributed by atoms with van der Waals surface area (Å²) < 4.78 is 29.9. The number of carboxylic acids is 1. The smallest absolute Gasteiger partial charge is 0.328 e. The molecule has 41 heavy (non-hydrogen) atoms. The first-order valence-electron chi connectivity index (χ1n) is 17.5. The van der Waals surface area contributed by atoms with E-state index in [0.717, 1.165) is 32.1 Å². The monoisotopic (exact) mass is 601 g/mol. The number of carbonyl (C=O) groups excluding carboxylic acids is 2. The number of aliphatic carboxylic acids is 1. The van der Waals surface area contributed by atoms with Crippen LogP contribution >= 0.6 is 0 Å². The van der Waals surface area contributed by atoms with Gasteiger partial charge >= 0.3 is 10.1 Å². The third kappa shape index (κ3) is 33.4. The van der Waals surface area contributed by atoms with Crippen LogP contribution in [0.2, 0.25) is 0 Å². The molecule has 6 nitrogen and oxygen atoms in total. The van der Waals surface area contributed by atoms with Gasteiger partial charge in [0, 0.05) is 12.4 Å². The van der Waals surface area contributed by atoms with Gasteiger partial charge in [0.2, 0.25) is 0 Å². The lowest BCUT2D eigenvalue weighted by Crippen LogP contribution is -2.21. The Morgan fingerprint density at radius 2 is 0.537 bits per heavy atom. The molecule has 7 heteroatoms. The van der Waals surface area contributed by atoms with Crippen LogP contribution in [-0.2, 0) is 19.7 Å². The molecular weight excluding hydrogens is 536 g/mol. The van der Waals surface area contributed by atoms with Crippen LogP contribution in [0.25, 0.3) is 0 Å². The molecule has 0 atom stereocenters. The largest absolute Gasteiger partial charge is 0.550 e. The number of rotatable bonds is 33. The van der Waals surface area contributed by atoms with Gasteiger partial charge in [0.05, 0.1) is 0 Å². The summed E-state index contributed by atoms with van der Waals surface area (Å²) in [5.41, 5.74) is 0. The minimum Gasteiger partial charge on any atom is -0.550 e. The summed E-state index contributed by atoms with van der Waals surface area (Å²) in [4.78, 5) is 21.4. The lowest BCUT2D eigenvalue weighted by molar-refractivity contribution is -0.305. The number of carbonyl (C=O) groups is 2. The van der Waals surface area contributed by atoms with E-state index < -0.39 is 21.2 Å². The minimum absolute atomic E-state index is 0.0664. The van der Waals surface area contributed by atoms with Crippen molar-refractivity contribution >= 4 is 21.2 Å². The third-order valence-electron chi connectivity index (χ3n) is 8.30. The van der Waals surface area contributed by atoms with Crippen molar-refractivity contribution in [3.8, 4) is 0 Å². The maximum Gasteiger partial charge on any atom is 0.328 e. The van der Waals surface area contributed by atoms with Crippen LogP contribution in [0, 0.1) is 0 Å². The molecule has 244 valence electrons. The molecule has 0 aromatic rings. The molecule has 0 aliphatic rings. The molecule has 0 spiro atoms. The fraction of sp³-hybridized carbons (Fsp3) is 0.941. The van der Waals surface area contributed by atoms with Gasteiger partial charge in [-0.2, -0.15) is 8.42 Å². The number of carboxylic acid groups (broad SMARTS) is 1. The quantitative estimate of drug-likeness (QED) is 0.0592. The fourth-order valence-electron chi connectivity index (χ4n) is 5.62. The molecule has 0 radical (unpaired) electrons. The van der Waals surface area contributed by atoms with E-state index >= 15 is 0 Å². The van der Waals surface area contributed by atoms with E-state index in [1.54, 1.807) is 0 Å². The van der Waals surface area contributed by atoms with E-state index in [9.17, 15) is 23.1 Å². The second-order valence-electron chi connectivity index (χ2n) is 12.3. The van der Waals surface area contributed by atoms with Gasteiger partial charge in [-0.25, -0.2) is 0 Å². The van der Waals surface area contributed by atoms with Crippen molar-refractivity contribution < 1.29 is 27.7 Å². The van der Waals surface area contributed by atoms with Crippen molar-refractivity contribution in [3.05, 3.63) is 0 Å². The summed E-state index contributed by atoms with van der Waals surface area (Å²) in [5, 5.41) is 9.30. The van der Waals surface area contributed by atoms with Gasteiger partial charge in [0.15, 0.2) is 0 Å². The molecule has 0 aromatic heterocycles. The molecule has 0 unspecified atom stereocenters. The predicted octanol–water partition coefficient (Wildman–Crippen LogP) is 9.63. The Morgan fingerprint density at radius 3 is 0.707 bits per heavy atom. The first kappa shape index (κ1) is 40.1. The molecule has 0 aliphatic carbocycles. The van der Waals surface area contributed by atoms with Crippen molar-refractivity contribution in [2.24, 2.45) is 0 Å². The van der Waals surface area contributed by atoms with E-state index in [0.29, 0.717) is 6.42 Å². The molecule has 0 bridgehead atoms. The first-order chi connectivity index (χ1) is 19.8. The zero-order chi connectivity index (χ0) is 30.3. The van der Waals surface area contributed by atoms with Crippen molar-refractivity contribution in [1.82, 2.24) is 0 Å². The molecule has 0 fully saturated rings. The average molecular weight is 602 g/mol. The molecule has 0 rings (SSSR count). The van der Waals surface area contributed by atoms with Gasteiger partial charge in [-0.3, -0.25) is 9.35 Å². The maximum absolute atomic E-state index is 11.1. The number of hydrogen-bond acceptors (Lipinski definition) is 5. The third-order valence-corrected chi connectivity index (χ3v) is 9.08. The van der Waals surface area contributed by atoms with E-state index in [2.05, 4.69) is 0 Å². The molecule has 0 saturated carbocycles. The summed E-state index contributed by atoms with van der Waals surface area (Å²) in [5.74, 6) is -0.913. The van der Waals surface area contributed by atoms with Gasteiger partial charge in [-0.1, -0.05) is 180 Å². The zero-order valence-electron chi connectivity index (χ0n) is 26.5. The lowest BCUT2D eigenvalue weighted by atomic mass is 10.0. The van der Waals surface area contributed by atoms with Crippen molar-refractivity contribution in [2.75, 3.05) is 0 Å². The van der Waals surface area contributed by atoms with Crippen molar-refractivity contribution in [2.45, 2.75) is 205 Å². The Hall–Kier alpha value is -0.950. The molecule has 0 aromatic carbocycles. The zero-order valence-corrected chi connectivity index (χ0v) is 27.3. The topological polar surface area (TPSA) is 112 Å². The van der Waals surface area contributed by atoms with Gasteiger partial charge in [0.1, 0.15) is 0 Å². The normalized spacial score (nSPS) is 11.7. The van der Waals surface area contributed by atoms with E-state index in [-0.39, 0.29) is 12.8 Å². The molecule has 0 amide bonds.